The predicted octanol–water partition coefficient (Wildman–Crippen LogP) is 2.96. The van der Waals surface area contributed by atoms with Crippen molar-refractivity contribution < 1.29 is 9.18 Å². The van der Waals surface area contributed by atoms with Crippen molar-refractivity contribution in [2.24, 2.45) is 0 Å². The van der Waals surface area contributed by atoms with Crippen molar-refractivity contribution in [3.63, 3.8) is 0 Å². The maximum Gasteiger partial charge on any atom is 0.123 e. The molecule has 0 amide bonds. The summed E-state index contributed by atoms with van der Waals surface area (Å²) in [5.41, 5.74) is 0. The lowest BCUT2D eigenvalue weighted by atomic mass is 9.76. The van der Waals surface area contributed by atoms with Gasteiger partial charge in [-0.25, -0.2) is 4.39 Å². The van der Waals surface area contributed by atoms with E-state index in [2.05, 4.69) is 7.28 Å². The second kappa shape index (κ2) is 9.97. The van der Waals surface area contributed by atoms with Crippen molar-refractivity contribution in [2.45, 2.75) is 26.0 Å². The van der Waals surface area contributed by atoms with E-state index >= 15 is 0 Å². The molecule has 0 bridgehead atoms. The average Bonchev–Trinajstić information content (AvgIpc) is 2.21. The number of benzene rings is 1. The summed E-state index contributed by atoms with van der Waals surface area (Å²) in [6.45, 7) is 2.00. The van der Waals surface area contributed by atoms with E-state index < -0.39 is 0 Å². The van der Waals surface area contributed by atoms with Gasteiger partial charge >= 0.3 is 0 Å². The van der Waals surface area contributed by atoms with Gasteiger partial charge in [0, 0.05) is 6.42 Å². The Morgan fingerprint density at radius 3 is 2.36 bits per heavy atom. The van der Waals surface area contributed by atoms with E-state index in [4.69, 9.17) is 0 Å². The van der Waals surface area contributed by atoms with Crippen LogP contribution < -0.4 is 0 Å². The fourth-order valence-electron chi connectivity index (χ4n) is 0.820. The van der Waals surface area contributed by atoms with Crippen LogP contribution in [0.2, 0.25) is 13.1 Å². The monoisotopic (exact) mass is 193 g/mol. The van der Waals surface area contributed by atoms with Crippen LogP contribution in [-0.4, -0.2) is 13.6 Å². The molecule has 14 heavy (non-hydrogen) atoms. The van der Waals surface area contributed by atoms with E-state index in [0.717, 1.165) is 19.0 Å². The van der Waals surface area contributed by atoms with E-state index in [1.807, 2.05) is 6.82 Å². The highest BCUT2D eigenvalue weighted by atomic mass is 19.1. The van der Waals surface area contributed by atoms with E-state index in [0.29, 0.717) is 6.42 Å². The molecule has 75 valence electrons. The summed E-state index contributed by atoms with van der Waals surface area (Å²) in [5, 5.41) is 0. The first-order valence-electron chi connectivity index (χ1n) is 4.73. The van der Waals surface area contributed by atoms with Gasteiger partial charge in [0.2, 0.25) is 0 Å². The molecule has 1 radical (unpaired) electrons. The minimum Gasteiger partial charge on any atom is -0.303 e. The topological polar surface area (TPSA) is 17.1 Å². The van der Waals surface area contributed by atoms with Gasteiger partial charge in [-0.05, 0) is 12.1 Å². The number of aldehydes is 1. The fraction of sp³-hybridized carbons (Fsp3) is 0.364. The lowest BCUT2D eigenvalue weighted by molar-refractivity contribution is -0.107. The highest BCUT2D eigenvalue weighted by Crippen LogP contribution is 1.91. The summed E-state index contributed by atoms with van der Waals surface area (Å²) in [7, 11) is 2.07. The zero-order valence-electron chi connectivity index (χ0n) is 8.45. The van der Waals surface area contributed by atoms with E-state index in [1.54, 1.807) is 18.2 Å². The Kier molecular flexibility index (Phi) is 9.18. The first-order valence-corrected chi connectivity index (χ1v) is 4.73. The van der Waals surface area contributed by atoms with Gasteiger partial charge in [-0.3, -0.25) is 0 Å². The Balaban J connectivity index is 0.000000241. The molecule has 0 aliphatic rings. The number of carbonyl (C=O) groups is 1. The largest absolute Gasteiger partial charge is 0.303 e. The quantitative estimate of drug-likeness (QED) is 0.408. The molecular formula is C11H15BFO. The third-order valence-electron chi connectivity index (χ3n) is 1.55. The third kappa shape index (κ3) is 8.98. The van der Waals surface area contributed by atoms with Gasteiger partial charge < -0.3 is 4.79 Å². The highest BCUT2D eigenvalue weighted by molar-refractivity contribution is 6.33. The van der Waals surface area contributed by atoms with Crippen molar-refractivity contribution in [2.75, 3.05) is 0 Å². The van der Waals surface area contributed by atoms with Gasteiger partial charge in [-0.15, -0.1) is 0 Å². The normalized spacial score (nSPS) is 8.43. The van der Waals surface area contributed by atoms with Crippen molar-refractivity contribution in [1.82, 2.24) is 0 Å². The molecule has 1 aromatic carbocycles. The van der Waals surface area contributed by atoms with Crippen molar-refractivity contribution in [3.8, 4) is 0 Å². The molecule has 0 aromatic heterocycles. The van der Waals surface area contributed by atoms with E-state index in [1.165, 1.54) is 12.1 Å². The molecule has 1 aromatic rings. The summed E-state index contributed by atoms with van der Waals surface area (Å²) >= 11 is 0. The summed E-state index contributed by atoms with van der Waals surface area (Å²) < 4.78 is 11.9. The number of rotatable bonds is 4. The minimum absolute atomic E-state index is 0.178. The van der Waals surface area contributed by atoms with Crippen molar-refractivity contribution >= 4 is 13.6 Å². The second-order valence-corrected chi connectivity index (χ2v) is 2.80. The van der Waals surface area contributed by atoms with Gasteiger partial charge in [0.1, 0.15) is 19.4 Å². The first-order chi connectivity index (χ1) is 6.81. The van der Waals surface area contributed by atoms with Gasteiger partial charge in [0.05, 0.1) is 0 Å². The SMILES string of the molecule is C[B]CCCC=O.Fc1ccccc1. The van der Waals surface area contributed by atoms with Crippen LogP contribution in [0.5, 0.6) is 0 Å². The van der Waals surface area contributed by atoms with Gasteiger partial charge in [0.15, 0.2) is 0 Å². The lowest BCUT2D eigenvalue weighted by Crippen LogP contribution is -1.80. The van der Waals surface area contributed by atoms with Crippen LogP contribution in [0, 0.1) is 5.82 Å². The maximum absolute atomic E-state index is 11.9. The molecule has 0 saturated carbocycles. The number of hydrogen-bond acceptors (Lipinski definition) is 1. The van der Waals surface area contributed by atoms with Crippen LogP contribution in [0.1, 0.15) is 12.8 Å². The zero-order chi connectivity index (χ0) is 10.6. The molecule has 1 nitrogen and oxygen atoms in total. The van der Waals surface area contributed by atoms with Crippen LogP contribution >= 0.6 is 0 Å². The van der Waals surface area contributed by atoms with E-state index in [-0.39, 0.29) is 5.82 Å². The number of hydrogen-bond donors (Lipinski definition) is 0. The molecule has 0 N–H and O–H groups in total. The van der Waals surface area contributed by atoms with Crippen LogP contribution in [0.4, 0.5) is 4.39 Å². The Morgan fingerprint density at radius 2 is 2.00 bits per heavy atom. The van der Waals surface area contributed by atoms with Gasteiger partial charge in [0.25, 0.3) is 0 Å². The predicted molar refractivity (Wildman–Crippen MR) is 58.1 cm³/mol. The Hall–Kier alpha value is -1.12. The summed E-state index contributed by atoms with van der Waals surface area (Å²) in [6.07, 6.45) is 3.76. The van der Waals surface area contributed by atoms with Gasteiger partial charge in [-0.2, -0.15) is 0 Å². The number of unbranched alkanes of at least 4 members (excludes halogenated alkanes) is 1. The molecule has 0 aliphatic carbocycles. The Morgan fingerprint density at radius 1 is 1.36 bits per heavy atom. The molecule has 0 heterocycles. The lowest BCUT2D eigenvalue weighted by Gasteiger charge is -1.84. The Bertz CT molecular complexity index is 226. The molecule has 0 spiro atoms. The molecule has 1 rings (SSSR count). The molecular weight excluding hydrogens is 178 g/mol. The summed E-state index contributed by atoms with van der Waals surface area (Å²) in [5.74, 6) is -0.178. The fourth-order valence-corrected chi connectivity index (χ4v) is 0.820. The standard InChI is InChI=1S/C6H5F.C5H10BO/c7-6-4-2-1-3-5-6;1-6-4-2-3-5-7/h1-5H;5H,2-4H2,1H3. The minimum atomic E-state index is -0.178. The zero-order valence-corrected chi connectivity index (χ0v) is 8.45. The first kappa shape index (κ1) is 12.9. The van der Waals surface area contributed by atoms with Crippen LogP contribution in [0.25, 0.3) is 0 Å². The molecule has 0 atom stereocenters. The van der Waals surface area contributed by atoms with Gasteiger partial charge in [-0.1, -0.05) is 37.8 Å². The van der Waals surface area contributed by atoms with Crippen LogP contribution in [0.15, 0.2) is 30.3 Å². The molecule has 3 heteroatoms. The smallest absolute Gasteiger partial charge is 0.123 e. The summed E-state index contributed by atoms with van der Waals surface area (Å²) in [6, 6.07) is 7.94. The van der Waals surface area contributed by atoms with Crippen LogP contribution in [-0.2, 0) is 4.79 Å². The average molecular weight is 193 g/mol. The molecule has 0 unspecified atom stereocenters. The van der Waals surface area contributed by atoms with E-state index in [9.17, 15) is 9.18 Å². The molecule has 0 aliphatic heterocycles. The molecule has 0 fully saturated rings. The number of carbonyl (C=O) groups excluding carboxylic acids is 1. The third-order valence-corrected chi connectivity index (χ3v) is 1.55. The van der Waals surface area contributed by atoms with Crippen LogP contribution in [0.3, 0.4) is 0 Å². The summed E-state index contributed by atoms with van der Waals surface area (Å²) in [4.78, 5) is 9.67. The molecule has 0 saturated heterocycles. The Labute approximate surface area is 85.6 Å². The highest BCUT2D eigenvalue weighted by Gasteiger charge is 1.81. The number of halogens is 1. The maximum atomic E-state index is 11.9. The van der Waals surface area contributed by atoms with Crippen molar-refractivity contribution in [3.05, 3.63) is 36.1 Å². The van der Waals surface area contributed by atoms with Crippen molar-refractivity contribution in [1.29, 1.82) is 0 Å². The second-order valence-electron chi connectivity index (χ2n) is 2.80.